The normalized spacial score (nSPS) is 30.0. The van der Waals surface area contributed by atoms with Crippen molar-refractivity contribution >= 4 is 5.71 Å². The molecule has 2 aromatic rings. The molecule has 118 valence electrons. The molecule has 0 spiro atoms. The first-order valence-corrected chi connectivity index (χ1v) is 8.46. The molecule has 0 amide bonds. The van der Waals surface area contributed by atoms with Gasteiger partial charge in [0.1, 0.15) is 0 Å². The Kier molecular flexibility index (Phi) is 3.88. The quantitative estimate of drug-likeness (QED) is 0.641. The van der Waals surface area contributed by atoms with Crippen molar-refractivity contribution in [3.05, 3.63) is 71.8 Å². The van der Waals surface area contributed by atoms with Gasteiger partial charge in [-0.25, -0.2) is 0 Å². The van der Waals surface area contributed by atoms with Gasteiger partial charge in [-0.15, -0.1) is 0 Å². The second-order valence-electron chi connectivity index (χ2n) is 6.61. The van der Waals surface area contributed by atoms with Gasteiger partial charge in [0, 0.05) is 23.9 Å². The van der Waals surface area contributed by atoms with Crippen molar-refractivity contribution in [1.82, 2.24) is 5.32 Å². The van der Waals surface area contributed by atoms with Gasteiger partial charge >= 0.3 is 0 Å². The van der Waals surface area contributed by atoms with E-state index < -0.39 is 0 Å². The highest BCUT2D eigenvalue weighted by Crippen LogP contribution is 2.46. The summed E-state index contributed by atoms with van der Waals surface area (Å²) in [6, 6.07) is 21.5. The standard InChI is InChI=1S/C20H22N2O/c23-22-20-16-12-7-13-17(20)19(15-10-5-2-6-11-15)21-18(16)14-8-3-1-4-9-14/h1-6,8-11,16-19,21,23H,7,12-13H2/t16-,17-,18+,19+/m0/s1. The van der Waals surface area contributed by atoms with Gasteiger partial charge in [0.15, 0.2) is 0 Å². The highest BCUT2D eigenvalue weighted by Gasteiger charge is 2.45. The summed E-state index contributed by atoms with van der Waals surface area (Å²) in [5.41, 5.74) is 3.54. The van der Waals surface area contributed by atoms with E-state index in [1.54, 1.807) is 0 Å². The second-order valence-corrected chi connectivity index (χ2v) is 6.61. The van der Waals surface area contributed by atoms with E-state index in [9.17, 15) is 5.21 Å². The Balaban J connectivity index is 1.76. The molecule has 0 unspecified atom stereocenters. The molecule has 1 aliphatic heterocycles. The van der Waals surface area contributed by atoms with Crippen molar-refractivity contribution in [2.24, 2.45) is 17.0 Å². The van der Waals surface area contributed by atoms with Gasteiger partial charge in [0.05, 0.1) is 5.71 Å². The first-order valence-electron chi connectivity index (χ1n) is 8.46. The summed E-state index contributed by atoms with van der Waals surface area (Å²) in [7, 11) is 0. The van der Waals surface area contributed by atoms with Crippen molar-refractivity contribution in [3.63, 3.8) is 0 Å². The second kappa shape index (κ2) is 6.17. The molecule has 1 heterocycles. The van der Waals surface area contributed by atoms with E-state index >= 15 is 0 Å². The lowest BCUT2D eigenvalue weighted by molar-refractivity contribution is 0.214. The molecule has 2 N–H and O–H groups in total. The molecule has 2 aliphatic rings. The minimum absolute atomic E-state index is 0.212. The van der Waals surface area contributed by atoms with Gasteiger partial charge in [-0.05, 0) is 24.0 Å². The number of benzene rings is 2. The molecule has 2 aromatic carbocycles. The van der Waals surface area contributed by atoms with Crippen LogP contribution < -0.4 is 5.32 Å². The van der Waals surface area contributed by atoms with Gasteiger partial charge in [-0.2, -0.15) is 0 Å². The molecule has 1 saturated heterocycles. The van der Waals surface area contributed by atoms with E-state index in [4.69, 9.17) is 0 Å². The van der Waals surface area contributed by atoms with E-state index in [1.165, 1.54) is 17.5 Å². The summed E-state index contributed by atoms with van der Waals surface area (Å²) in [6.07, 6.45) is 3.37. The Hall–Kier alpha value is -2.13. The molecule has 2 fully saturated rings. The van der Waals surface area contributed by atoms with Crippen LogP contribution in [0.15, 0.2) is 65.8 Å². The topological polar surface area (TPSA) is 44.6 Å². The number of fused-ring (bicyclic) bond motifs is 2. The molecule has 23 heavy (non-hydrogen) atoms. The maximum atomic E-state index is 9.69. The van der Waals surface area contributed by atoms with E-state index in [0.29, 0.717) is 11.8 Å². The first-order chi connectivity index (χ1) is 11.4. The van der Waals surface area contributed by atoms with Gasteiger partial charge in [0.2, 0.25) is 0 Å². The van der Waals surface area contributed by atoms with Crippen LogP contribution in [0.25, 0.3) is 0 Å². The number of hydrogen-bond donors (Lipinski definition) is 2. The predicted octanol–water partition coefficient (Wildman–Crippen LogP) is 4.32. The van der Waals surface area contributed by atoms with Crippen molar-refractivity contribution in [2.75, 3.05) is 0 Å². The smallest absolute Gasteiger partial charge is 0.0670 e. The first kappa shape index (κ1) is 14.5. The lowest BCUT2D eigenvalue weighted by atomic mass is 9.67. The highest BCUT2D eigenvalue weighted by atomic mass is 16.4. The SMILES string of the molecule is ON=C1[C@H]2CCC[C@H]1[C@@H](c1ccccc1)N[C@@H]2c1ccccc1. The lowest BCUT2D eigenvalue weighted by Crippen LogP contribution is -2.50. The van der Waals surface area contributed by atoms with Crippen LogP contribution in [0.2, 0.25) is 0 Å². The summed E-state index contributed by atoms with van der Waals surface area (Å²) in [5.74, 6) is 0.585. The molecule has 4 rings (SSSR count). The molecule has 3 nitrogen and oxygen atoms in total. The molecule has 4 atom stereocenters. The third-order valence-corrected chi connectivity index (χ3v) is 5.39. The van der Waals surface area contributed by atoms with Gasteiger partial charge < -0.3 is 10.5 Å². The van der Waals surface area contributed by atoms with E-state index in [2.05, 4.69) is 59.0 Å². The third kappa shape index (κ3) is 2.55. The van der Waals surface area contributed by atoms with Crippen molar-refractivity contribution in [3.8, 4) is 0 Å². The van der Waals surface area contributed by atoms with Crippen molar-refractivity contribution in [2.45, 2.75) is 31.3 Å². The summed E-state index contributed by atoms with van der Waals surface area (Å²) in [6.45, 7) is 0. The summed E-state index contributed by atoms with van der Waals surface area (Å²) >= 11 is 0. The number of nitrogens with one attached hydrogen (secondary N) is 1. The monoisotopic (exact) mass is 306 g/mol. The molecule has 2 bridgehead atoms. The zero-order chi connectivity index (χ0) is 15.6. The van der Waals surface area contributed by atoms with Crippen LogP contribution in [0.5, 0.6) is 0 Å². The predicted molar refractivity (Wildman–Crippen MR) is 91.6 cm³/mol. The fourth-order valence-corrected chi connectivity index (χ4v) is 4.36. The summed E-state index contributed by atoms with van der Waals surface area (Å²) in [4.78, 5) is 0. The fourth-order valence-electron chi connectivity index (χ4n) is 4.36. The van der Waals surface area contributed by atoms with Gasteiger partial charge in [-0.1, -0.05) is 72.2 Å². The van der Waals surface area contributed by atoms with E-state index in [-0.39, 0.29) is 12.1 Å². The van der Waals surface area contributed by atoms with Crippen LogP contribution in [-0.4, -0.2) is 10.9 Å². The lowest BCUT2D eigenvalue weighted by Gasteiger charge is -2.46. The van der Waals surface area contributed by atoms with Crippen LogP contribution in [0.1, 0.15) is 42.5 Å². The molecular weight excluding hydrogens is 284 g/mol. The Bertz CT molecular complexity index is 628. The van der Waals surface area contributed by atoms with Crippen LogP contribution in [0, 0.1) is 11.8 Å². The molecular formula is C20H22N2O. The van der Waals surface area contributed by atoms with Crippen molar-refractivity contribution in [1.29, 1.82) is 0 Å². The Morgan fingerprint density at radius 2 is 1.26 bits per heavy atom. The average molecular weight is 306 g/mol. The Morgan fingerprint density at radius 3 is 1.70 bits per heavy atom. The Labute approximate surface area is 137 Å². The fraction of sp³-hybridized carbons (Fsp3) is 0.350. The third-order valence-electron chi connectivity index (χ3n) is 5.39. The zero-order valence-corrected chi connectivity index (χ0v) is 13.1. The Morgan fingerprint density at radius 1 is 0.783 bits per heavy atom. The molecule has 0 radical (unpaired) electrons. The molecule has 0 aromatic heterocycles. The number of hydrogen-bond acceptors (Lipinski definition) is 3. The van der Waals surface area contributed by atoms with Crippen LogP contribution in [-0.2, 0) is 0 Å². The minimum atomic E-state index is 0.212. The van der Waals surface area contributed by atoms with Gasteiger partial charge in [0.25, 0.3) is 0 Å². The van der Waals surface area contributed by atoms with Crippen LogP contribution in [0.4, 0.5) is 0 Å². The molecule has 3 heteroatoms. The molecule has 1 saturated carbocycles. The van der Waals surface area contributed by atoms with E-state index in [0.717, 1.165) is 18.6 Å². The summed E-state index contributed by atoms with van der Waals surface area (Å²) in [5, 5.41) is 17.3. The number of oxime groups is 1. The maximum absolute atomic E-state index is 9.69. The average Bonchev–Trinajstić information content (AvgIpc) is 2.63. The number of piperidine rings is 1. The number of rotatable bonds is 2. The highest BCUT2D eigenvalue weighted by molar-refractivity contribution is 5.91. The zero-order valence-electron chi connectivity index (χ0n) is 13.1. The van der Waals surface area contributed by atoms with Crippen molar-refractivity contribution < 1.29 is 5.21 Å². The number of nitrogens with zero attached hydrogens (tertiary/aromatic N) is 1. The molecule has 1 aliphatic carbocycles. The minimum Gasteiger partial charge on any atom is -0.411 e. The largest absolute Gasteiger partial charge is 0.411 e. The van der Waals surface area contributed by atoms with Crippen LogP contribution >= 0.6 is 0 Å². The van der Waals surface area contributed by atoms with E-state index in [1.807, 2.05) is 12.1 Å². The van der Waals surface area contributed by atoms with Gasteiger partial charge in [-0.3, -0.25) is 0 Å². The van der Waals surface area contributed by atoms with Crippen LogP contribution in [0.3, 0.4) is 0 Å². The maximum Gasteiger partial charge on any atom is 0.0670 e. The summed E-state index contributed by atoms with van der Waals surface area (Å²) < 4.78 is 0.